The molecule has 0 fully saturated rings. The number of ether oxygens (including phenoxy) is 2. The topological polar surface area (TPSA) is 102 Å². The van der Waals surface area contributed by atoms with Gasteiger partial charge in [-0.15, -0.1) is 0 Å². The van der Waals surface area contributed by atoms with Crippen LogP contribution in [0.3, 0.4) is 0 Å². The Kier molecular flexibility index (Phi) is 9.38. The summed E-state index contributed by atoms with van der Waals surface area (Å²) in [6, 6.07) is 4.63. The van der Waals surface area contributed by atoms with E-state index in [1.165, 1.54) is 25.2 Å². The number of fused-ring (bicyclic) bond motifs is 1. The van der Waals surface area contributed by atoms with Gasteiger partial charge in [-0.1, -0.05) is 34.5 Å². The monoisotopic (exact) mass is 574 g/mol. The molecule has 0 aliphatic heterocycles. The van der Waals surface area contributed by atoms with E-state index >= 15 is 0 Å². The van der Waals surface area contributed by atoms with Crippen molar-refractivity contribution in [3.8, 4) is 5.75 Å². The van der Waals surface area contributed by atoms with E-state index < -0.39 is 35.5 Å². The molecule has 37 heavy (non-hydrogen) atoms. The van der Waals surface area contributed by atoms with E-state index in [9.17, 15) is 18.4 Å². The molecule has 0 aliphatic carbocycles. The fourth-order valence-electron chi connectivity index (χ4n) is 3.45. The van der Waals surface area contributed by atoms with Gasteiger partial charge in [0.15, 0.2) is 16.7 Å². The zero-order valence-electron chi connectivity index (χ0n) is 20.5. The normalized spacial score (nSPS) is 12.2. The number of nitrogens with zero attached hydrogens (tertiary/aromatic N) is 1. The van der Waals surface area contributed by atoms with Gasteiger partial charge in [0.1, 0.15) is 17.5 Å². The van der Waals surface area contributed by atoms with Gasteiger partial charge < -0.3 is 20.1 Å². The Morgan fingerprint density at radius 1 is 1.19 bits per heavy atom. The maximum absolute atomic E-state index is 14.7. The smallest absolute Gasteiger partial charge is 0.407 e. The molecule has 1 aromatic heterocycles. The van der Waals surface area contributed by atoms with Crippen LogP contribution in [0.1, 0.15) is 45.3 Å². The lowest BCUT2D eigenvalue weighted by molar-refractivity contribution is 0.0327. The van der Waals surface area contributed by atoms with Crippen LogP contribution in [0.2, 0.25) is 10.0 Å². The van der Waals surface area contributed by atoms with Crippen LogP contribution in [0.4, 0.5) is 23.5 Å². The number of anilines is 1. The number of urea groups is 1. The third-order valence-electron chi connectivity index (χ3n) is 5.27. The summed E-state index contributed by atoms with van der Waals surface area (Å²) in [5.74, 6) is -1.45. The van der Waals surface area contributed by atoms with Crippen molar-refractivity contribution >= 4 is 62.0 Å². The molecule has 0 saturated heterocycles. The summed E-state index contributed by atoms with van der Waals surface area (Å²) in [7, 11) is 1.48. The van der Waals surface area contributed by atoms with E-state index in [0.717, 1.165) is 17.4 Å². The van der Waals surface area contributed by atoms with Gasteiger partial charge in [0.05, 0.1) is 15.2 Å². The molecule has 0 bridgehead atoms. The average molecular weight is 575 g/mol. The number of benzene rings is 2. The quantitative estimate of drug-likeness (QED) is 0.187. The molecular formula is C24H26Cl2F2N4O4S. The molecule has 1 heterocycles. The van der Waals surface area contributed by atoms with E-state index in [1.54, 1.807) is 20.8 Å². The summed E-state index contributed by atoms with van der Waals surface area (Å²) < 4.78 is 40.1. The maximum atomic E-state index is 14.7. The molecule has 0 saturated carbocycles. The second kappa shape index (κ2) is 12.1. The molecule has 3 amide bonds. The molecule has 2 aromatic carbocycles. The molecule has 3 N–H and O–H groups in total. The van der Waals surface area contributed by atoms with Crippen LogP contribution in [-0.4, -0.2) is 36.3 Å². The lowest BCUT2D eigenvalue weighted by Gasteiger charge is -2.24. The minimum atomic E-state index is -0.842. The number of hydrogen-bond acceptors (Lipinski definition) is 6. The summed E-state index contributed by atoms with van der Waals surface area (Å²) in [5.41, 5.74) is -0.153. The Morgan fingerprint density at radius 2 is 1.92 bits per heavy atom. The number of halogens is 4. The molecule has 200 valence electrons. The van der Waals surface area contributed by atoms with Crippen LogP contribution in [0.15, 0.2) is 24.3 Å². The van der Waals surface area contributed by atoms with Gasteiger partial charge in [0.25, 0.3) is 0 Å². The third kappa shape index (κ3) is 7.56. The number of thiazole rings is 1. The van der Waals surface area contributed by atoms with Crippen molar-refractivity contribution < 1.29 is 27.8 Å². The van der Waals surface area contributed by atoms with E-state index in [0.29, 0.717) is 29.6 Å². The Hall–Kier alpha value is -2.89. The number of aromatic nitrogens is 1. The summed E-state index contributed by atoms with van der Waals surface area (Å²) in [6.07, 6.45) is -0.257. The van der Waals surface area contributed by atoms with Gasteiger partial charge in [-0.25, -0.2) is 23.4 Å². The first-order valence-corrected chi connectivity index (χ1v) is 12.8. The van der Waals surface area contributed by atoms with Crippen molar-refractivity contribution in [2.75, 3.05) is 18.9 Å². The highest BCUT2D eigenvalue weighted by Crippen LogP contribution is 2.37. The van der Waals surface area contributed by atoms with E-state index in [2.05, 4.69) is 20.9 Å². The number of nitrogens with one attached hydrogen (secondary N) is 3. The highest BCUT2D eigenvalue weighted by Gasteiger charge is 2.23. The first-order chi connectivity index (χ1) is 17.4. The fraction of sp³-hybridized carbons (Fsp3) is 0.375. The molecule has 13 heteroatoms. The van der Waals surface area contributed by atoms with Crippen LogP contribution in [0, 0.1) is 11.6 Å². The molecule has 3 aromatic rings. The van der Waals surface area contributed by atoms with Gasteiger partial charge in [0, 0.05) is 36.3 Å². The van der Waals surface area contributed by atoms with Crippen molar-refractivity contribution in [2.24, 2.45) is 0 Å². The van der Waals surface area contributed by atoms with Crippen LogP contribution < -0.4 is 20.7 Å². The molecule has 1 unspecified atom stereocenters. The molecule has 8 nitrogen and oxygen atoms in total. The Bertz CT molecular complexity index is 1310. The highest BCUT2D eigenvalue weighted by atomic mass is 35.5. The van der Waals surface area contributed by atoms with Gasteiger partial charge >= 0.3 is 12.1 Å². The number of alkyl carbamates (subject to hydrolysis) is 1. The second-order valence-electron chi connectivity index (χ2n) is 8.67. The Balaban J connectivity index is 1.60. The van der Waals surface area contributed by atoms with E-state index in [-0.39, 0.29) is 26.5 Å². The van der Waals surface area contributed by atoms with Gasteiger partial charge in [0.2, 0.25) is 0 Å². The highest BCUT2D eigenvalue weighted by molar-refractivity contribution is 7.22. The van der Waals surface area contributed by atoms with Crippen LogP contribution in [0.5, 0.6) is 5.75 Å². The zero-order valence-corrected chi connectivity index (χ0v) is 22.8. The molecule has 3 rings (SSSR count). The van der Waals surface area contributed by atoms with Crippen LogP contribution in [0.25, 0.3) is 10.2 Å². The predicted molar refractivity (Wildman–Crippen MR) is 141 cm³/mol. The number of carbonyl (C=O) groups is 2. The zero-order chi connectivity index (χ0) is 27.3. The van der Waals surface area contributed by atoms with Crippen LogP contribution >= 0.6 is 34.5 Å². The van der Waals surface area contributed by atoms with Crippen molar-refractivity contribution in [2.45, 2.75) is 45.3 Å². The van der Waals surface area contributed by atoms with Crippen molar-refractivity contribution in [1.82, 2.24) is 15.6 Å². The first kappa shape index (κ1) is 28.7. The van der Waals surface area contributed by atoms with Crippen LogP contribution in [-0.2, 0) is 4.74 Å². The lowest BCUT2D eigenvalue weighted by atomic mass is 10.0. The predicted octanol–water partition coefficient (Wildman–Crippen LogP) is 7.06. The fourth-order valence-corrected chi connectivity index (χ4v) is 5.00. The molecule has 0 aliphatic rings. The SMILES string of the molecule is CNC(=O)OC(C)(C)CCCNC(=O)Nc1nc2cc(F)c(OC(C)c3c(Cl)ccc(F)c3Cl)cc2s1. The van der Waals surface area contributed by atoms with Gasteiger partial charge in [-0.05, 0) is 45.7 Å². The molecule has 1 atom stereocenters. The van der Waals surface area contributed by atoms with E-state index in [4.69, 9.17) is 32.7 Å². The molecule has 0 radical (unpaired) electrons. The maximum Gasteiger partial charge on any atom is 0.407 e. The van der Waals surface area contributed by atoms with E-state index in [1.807, 2.05) is 0 Å². The van der Waals surface area contributed by atoms with Gasteiger partial charge in [-0.2, -0.15) is 0 Å². The van der Waals surface area contributed by atoms with Crippen molar-refractivity contribution in [3.63, 3.8) is 0 Å². The summed E-state index contributed by atoms with van der Waals surface area (Å²) in [6.45, 7) is 5.48. The summed E-state index contributed by atoms with van der Waals surface area (Å²) in [5, 5.41) is 7.98. The molecule has 0 spiro atoms. The summed E-state index contributed by atoms with van der Waals surface area (Å²) in [4.78, 5) is 27.9. The van der Waals surface area contributed by atoms with Gasteiger partial charge in [-0.3, -0.25) is 5.32 Å². The number of rotatable bonds is 9. The lowest BCUT2D eigenvalue weighted by Crippen LogP contribution is -2.35. The third-order valence-corrected chi connectivity index (χ3v) is 6.91. The first-order valence-electron chi connectivity index (χ1n) is 11.3. The Morgan fingerprint density at radius 3 is 2.62 bits per heavy atom. The molecular weight excluding hydrogens is 549 g/mol. The number of amides is 3. The minimum absolute atomic E-state index is 0.0994. The largest absolute Gasteiger partial charge is 0.483 e. The Labute approximate surface area is 226 Å². The standard InChI is InChI=1S/C24H26Cl2F2N4O4S/c1-12(19-13(25)6-7-14(27)20(19)26)35-17-11-18-16(10-15(17)28)31-22(37-18)32-21(33)30-9-5-8-24(2,3)36-23(34)29-4/h6-7,10-12H,5,8-9H2,1-4H3,(H,29,34)(H2,30,31,32,33). The van der Waals surface area contributed by atoms with Crippen molar-refractivity contribution in [3.05, 3.63) is 51.5 Å². The average Bonchev–Trinajstić information content (AvgIpc) is 3.20. The van der Waals surface area contributed by atoms with Crippen molar-refractivity contribution in [1.29, 1.82) is 0 Å². The summed E-state index contributed by atoms with van der Waals surface area (Å²) >= 11 is 13.3. The number of carbonyl (C=O) groups excluding carboxylic acids is 2. The number of hydrogen-bond donors (Lipinski definition) is 3. The second-order valence-corrected chi connectivity index (χ2v) is 10.5. The minimum Gasteiger partial charge on any atom is -0.483 e.